The number of nitrogens with zero attached hydrogens (tertiary/aromatic N) is 5. The van der Waals surface area contributed by atoms with Crippen molar-refractivity contribution in [2.24, 2.45) is 0 Å². The van der Waals surface area contributed by atoms with E-state index in [0.29, 0.717) is 5.82 Å². The lowest BCUT2D eigenvalue weighted by molar-refractivity contribution is 0.879. The van der Waals surface area contributed by atoms with Crippen molar-refractivity contribution < 1.29 is 0 Å². The van der Waals surface area contributed by atoms with Crippen molar-refractivity contribution in [2.75, 3.05) is 11.9 Å². The highest BCUT2D eigenvalue weighted by Gasteiger charge is 2.09. The summed E-state index contributed by atoms with van der Waals surface area (Å²) in [6, 6.07) is 22.0. The second-order valence-electron chi connectivity index (χ2n) is 6.95. The van der Waals surface area contributed by atoms with Gasteiger partial charge in [0.15, 0.2) is 5.82 Å². The molecule has 5 aromatic rings. The third-order valence-corrected chi connectivity index (χ3v) is 4.90. The van der Waals surface area contributed by atoms with Crippen molar-refractivity contribution >= 4 is 16.7 Å². The first-order chi connectivity index (χ1) is 14.9. The molecule has 0 spiro atoms. The summed E-state index contributed by atoms with van der Waals surface area (Å²) in [5, 5.41) is 8.97. The fourth-order valence-electron chi connectivity index (χ4n) is 3.38. The van der Waals surface area contributed by atoms with Crippen molar-refractivity contribution in [3.05, 3.63) is 97.1 Å². The summed E-state index contributed by atoms with van der Waals surface area (Å²) in [5.74, 6) is 1.53. The van der Waals surface area contributed by atoms with Crippen LogP contribution < -0.4 is 5.32 Å². The van der Waals surface area contributed by atoms with Crippen LogP contribution in [0, 0.1) is 0 Å². The first kappa shape index (κ1) is 18.0. The molecule has 0 saturated heterocycles. The van der Waals surface area contributed by atoms with E-state index in [1.807, 2.05) is 77.6 Å². The number of para-hydroxylation sites is 2. The molecule has 1 N–H and O–H groups in total. The number of hydrogen-bond acceptors (Lipinski definition) is 5. The van der Waals surface area contributed by atoms with Gasteiger partial charge in [0.1, 0.15) is 5.82 Å². The molecule has 0 atom stereocenters. The van der Waals surface area contributed by atoms with Gasteiger partial charge in [-0.2, -0.15) is 5.10 Å². The predicted molar refractivity (Wildman–Crippen MR) is 119 cm³/mol. The van der Waals surface area contributed by atoms with Gasteiger partial charge in [-0.15, -0.1) is 0 Å². The normalized spacial score (nSPS) is 10.9. The molecule has 2 aromatic carbocycles. The van der Waals surface area contributed by atoms with Crippen molar-refractivity contribution in [1.82, 2.24) is 24.7 Å². The van der Waals surface area contributed by atoms with Crippen LogP contribution in [0.4, 0.5) is 5.82 Å². The molecule has 0 amide bonds. The highest BCUT2D eigenvalue weighted by Crippen LogP contribution is 2.24. The number of benzene rings is 2. The van der Waals surface area contributed by atoms with Crippen LogP contribution in [0.1, 0.15) is 5.56 Å². The topological polar surface area (TPSA) is 68.5 Å². The Morgan fingerprint density at radius 2 is 1.63 bits per heavy atom. The van der Waals surface area contributed by atoms with Gasteiger partial charge in [-0.05, 0) is 48.4 Å². The molecule has 0 aliphatic rings. The zero-order valence-electron chi connectivity index (χ0n) is 16.3. The largest absolute Gasteiger partial charge is 0.369 e. The second-order valence-corrected chi connectivity index (χ2v) is 6.95. The summed E-state index contributed by atoms with van der Waals surface area (Å²) in [6.45, 7) is 0.747. The Hall–Kier alpha value is -4.06. The van der Waals surface area contributed by atoms with Crippen LogP contribution in [0.2, 0.25) is 0 Å². The highest BCUT2D eigenvalue weighted by atomic mass is 15.3. The van der Waals surface area contributed by atoms with E-state index < -0.39 is 0 Å². The van der Waals surface area contributed by atoms with Crippen LogP contribution in [-0.4, -0.2) is 31.3 Å². The molecule has 6 nitrogen and oxygen atoms in total. The van der Waals surface area contributed by atoms with Gasteiger partial charge in [-0.3, -0.25) is 4.98 Å². The summed E-state index contributed by atoms with van der Waals surface area (Å²) in [4.78, 5) is 13.6. The molecule has 3 aromatic heterocycles. The Balaban J connectivity index is 1.36. The van der Waals surface area contributed by atoms with Gasteiger partial charge in [-0.1, -0.05) is 30.3 Å². The van der Waals surface area contributed by atoms with E-state index in [1.165, 1.54) is 5.56 Å². The average Bonchev–Trinajstić information content (AvgIpc) is 3.29. The summed E-state index contributed by atoms with van der Waals surface area (Å²) in [6.07, 6.45) is 8.33. The second kappa shape index (κ2) is 8.13. The first-order valence-electron chi connectivity index (χ1n) is 9.87. The minimum absolute atomic E-state index is 0.690. The molecule has 146 valence electrons. The summed E-state index contributed by atoms with van der Waals surface area (Å²) < 4.78 is 1.90. The van der Waals surface area contributed by atoms with Crippen molar-refractivity contribution in [2.45, 2.75) is 6.42 Å². The highest BCUT2D eigenvalue weighted by molar-refractivity contribution is 5.90. The van der Waals surface area contributed by atoms with E-state index in [9.17, 15) is 0 Å². The van der Waals surface area contributed by atoms with E-state index in [2.05, 4.69) is 21.6 Å². The lowest BCUT2D eigenvalue weighted by Gasteiger charge is -2.10. The number of anilines is 1. The van der Waals surface area contributed by atoms with Gasteiger partial charge < -0.3 is 5.32 Å². The Labute approximate surface area is 174 Å². The maximum atomic E-state index is 4.78. The minimum Gasteiger partial charge on any atom is -0.369 e. The van der Waals surface area contributed by atoms with Crippen LogP contribution in [0.5, 0.6) is 0 Å². The van der Waals surface area contributed by atoms with E-state index >= 15 is 0 Å². The summed E-state index contributed by atoms with van der Waals surface area (Å²) >= 11 is 0. The molecule has 3 heterocycles. The Morgan fingerprint density at radius 3 is 2.50 bits per heavy atom. The maximum Gasteiger partial charge on any atom is 0.162 e. The molecule has 0 unspecified atom stereocenters. The number of nitrogens with one attached hydrogen (secondary N) is 1. The minimum atomic E-state index is 0.690. The van der Waals surface area contributed by atoms with Gasteiger partial charge in [-0.25, -0.2) is 14.6 Å². The molecule has 0 fully saturated rings. The van der Waals surface area contributed by atoms with Crippen LogP contribution in [0.25, 0.3) is 28.0 Å². The van der Waals surface area contributed by atoms with Crippen LogP contribution >= 0.6 is 0 Å². The van der Waals surface area contributed by atoms with Crippen molar-refractivity contribution in [3.63, 3.8) is 0 Å². The van der Waals surface area contributed by atoms with E-state index in [4.69, 9.17) is 9.97 Å². The Morgan fingerprint density at radius 1 is 0.833 bits per heavy atom. The number of rotatable bonds is 6. The molecule has 0 saturated carbocycles. The Kier molecular flexibility index (Phi) is 4.88. The Bertz CT molecular complexity index is 1260. The standard InChI is InChI=1S/C24H20N6/c1-2-6-20(7-3-1)30-17-18(16-27-30)10-15-26-24-21-8-4-5-9-22(21)28-23(29-24)19-11-13-25-14-12-19/h1-9,11-14,16-17H,10,15H2,(H,26,28,29). The maximum absolute atomic E-state index is 4.78. The van der Waals surface area contributed by atoms with Gasteiger partial charge in [0, 0.05) is 36.1 Å². The molecule has 0 aliphatic heterocycles. The molecule has 30 heavy (non-hydrogen) atoms. The predicted octanol–water partition coefficient (Wildman–Crippen LogP) is 4.53. The molecular formula is C24H20N6. The molecule has 6 heteroatoms. The zero-order chi connectivity index (χ0) is 20.2. The molecule has 5 rings (SSSR count). The number of aromatic nitrogens is 5. The average molecular weight is 392 g/mol. The molecule has 0 bridgehead atoms. The number of fused-ring (bicyclic) bond motifs is 1. The van der Waals surface area contributed by atoms with E-state index in [-0.39, 0.29) is 0 Å². The SMILES string of the molecule is c1ccc(-n2cc(CCNc3nc(-c4ccncc4)nc4ccccc34)cn2)cc1. The summed E-state index contributed by atoms with van der Waals surface area (Å²) in [7, 11) is 0. The van der Waals surface area contributed by atoms with Crippen LogP contribution in [0.3, 0.4) is 0 Å². The third kappa shape index (κ3) is 3.75. The number of pyridine rings is 1. The van der Waals surface area contributed by atoms with Gasteiger partial charge >= 0.3 is 0 Å². The smallest absolute Gasteiger partial charge is 0.162 e. The van der Waals surface area contributed by atoms with E-state index in [0.717, 1.165) is 40.9 Å². The van der Waals surface area contributed by atoms with E-state index in [1.54, 1.807) is 12.4 Å². The summed E-state index contributed by atoms with van der Waals surface area (Å²) in [5.41, 5.74) is 4.08. The monoisotopic (exact) mass is 392 g/mol. The van der Waals surface area contributed by atoms with Gasteiger partial charge in [0.25, 0.3) is 0 Å². The fraction of sp³-hybridized carbons (Fsp3) is 0.0833. The van der Waals surface area contributed by atoms with Crippen LogP contribution in [0.15, 0.2) is 91.5 Å². The zero-order valence-corrected chi connectivity index (χ0v) is 16.3. The van der Waals surface area contributed by atoms with Crippen LogP contribution in [-0.2, 0) is 6.42 Å². The first-order valence-corrected chi connectivity index (χ1v) is 9.87. The van der Waals surface area contributed by atoms with Crippen molar-refractivity contribution in [3.8, 4) is 17.1 Å². The molecular weight excluding hydrogens is 372 g/mol. The quantitative estimate of drug-likeness (QED) is 0.460. The number of hydrogen-bond donors (Lipinski definition) is 1. The lowest BCUT2D eigenvalue weighted by Crippen LogP contribution is -2.08. The third-order valence-electron chi connectivity index (χ3n) is 4.90. The fourth-order valence-corrected chi connectivity index (χ4v) is 3.38. The lowest BCUT2D eigenvalue weighted by atomic mass is 10.2. The molecule has 0 aliphatic carbocycles. The molecule has 0 radical (unpaired) electrons. The van der Waals surface area contributed by atoms with Gasteiger partial charge in [0.2, 0.25) is 0 Å². The van der Waals surface area contributed by atoms with Crippen molar-refractivity contribution in [1.29, 1.82) is 0 Å². The van der Waals surface area contributed by atoms with Gasteiger partial charge in [0.05, 0.1) is 17.4 Å².